The van der Waals surface area contributed by atoms with E-state index in [0.29, 0.717) is 4.90 Å². The average molecular weight is 322 g/mol. The molecule has 1 aromatic heterocycles. The van der Waals surface area contributed by atoms with Crippen molar-refractivity contribution in [1.82, 2.24) is 4.31 Å². The zero-order chi connectivity index (χ0) is 15.0. The molecule has 0 saturated heterocycles. The smallest absolute Gasteiger partial charge is 0.243 e. The van der Waals surface area contributed by atoms with Crippen molar-refractivity contribution in [3.05, 3.63) is 46.2 Å². The van der Waals surface area contributed by atoms with Crippen LogP contribution < -0.4 is 5.32 Å². The summed E-state index contributed by atoms with van der Waals surface area (Å²) in [7, 11) is -1.83. The van der Waals surface area contributed by atoms with Gasteiger partial charge in [-0.2, -0.15) is 4.31 Å². The summed E-state index contributed by atoms with van der Waals surface area (Å²) < 4.78 is 27.0. The number of thiophene rings is 1. The number of anilines is 1. The van der Waals surface area contributed by atoms with Gasteiger partial charge in [-0.1, -0.05) is 6.07 Å². The van der Waals surface area contributed by atoms with Crippen LogP contribution >= 0.6 is 11.3 Å². The molecule has 1 atom stereocenters. The summed E-state index contributed by atoms with van der Waals surface area (Å²) in [5.74, 6) is 0. The lowest BCUT2D eigenvalue weighted by Crippen LogP contribution is -2.29. The fourth-order valence-corrected chi connectivity index (χ4v) is 4.81. The molecule has 0 aliphatic carbocycles. The first-order valence-corrected chi connectivity index (χ1v) is 9.20. The number of nitrogens with zero attached hydrogens (tertiary/aromatic N) is 1. The fraction of sp³-hybridized carbons (Fsp3) is 0.333. The highest BCUT2D eigenvalue weighted by atomic mass is 32.2. The Morgan fingerprint density at radius 2 is 2.14 bits per heavy atom. The summed E-state index contributed by atoms with van der Waals surface area (Å²) in [5, 5.41) is 5.21. The van der Waals surface area contributed by atoms with Crippen LogP contribution in [0, 0.1) is 0 Å². The molecule has 1 aliphatic rings. The van der Waals surface area contributed by atoms with Gasteiger partial charge in [-0.05, 0) is 48.6 Å². The van der Waals surface area contributed by atoms with Gasteiger partial charge in [0.15, 0.2) is 0 Å². The Morgan fingerprint density at radius 1 is 1.33 bits per heavy atom. The number of rotatable bonds is 4. The van der Waals surface area contributed by atoms with Gasteiger partial charge in [-0.3, -0.25) is 0 Å². The Morgan fingerprint density at radius 3 is 2.86 bits per heavy atom. The van der Waals surface area contributed by atoms with Gasteiger partial charge in [-0.25, -0.2) is 8.42 Å². The minimum atomic E-state index is -3.47. The van der Waals surface area contributed by atoms with E-state index in [1.807, 2.05) is 30.5 Å². The molecule has 112 valence electrons. The number of nitrogens with one attached hydrogen (secondary N) is 1. The van der Waals surface area contributed by atoms with Crippen LogP contribution in [0.3, 0.4) is 0 Å². The van der Waals surface area contributed by atoms with E-state index in [1.54, 1.807) is 30.5 Å². The molecule has 0 fully saturated rings. The molecule has 0 spiro atoms. The lowest BCUT2D eigenvalue weighted by Gasteiger charge is -2.23. The second kappa shape index (κ2) is 5.44. The van der Waals surface area contributed by atoms with E-state index >= 15 is 0 Å². The van der Waals surface area contributed by atoms with Gasteiger partial charge < -0.3 is 5.32 Å². The van der Waals surface area contributed by atoms with Gasteiger partial charge in [-0.15, -0.1) is 11.3 Å². The third-order valence-corrected chi connectivity index (χ3v) is 6.93. The first-order valence-electron chi connectivity index (χ1n) is 6.88. The maximum absolute atomic E-state index is 12.8. The van der Waals surface area contributed by atoms with E-state index in [4.69, 9.17) is 0 Å². The molecule has 1 N–H and O–H groups in total. The number of sulfonamides is 1. The van der Waals surface area contributed by atoms with Crippen LogP contribution in [0.4, 0.5) is 5.69 Å². The van der Waals surface area contributed by atoms with Crippen LogP contribution in [0.5, 0.6) is 0 Å². The SMILES string of the molecule is CC(c1cccs1)N(C)S(=O)(=O)c1ccc2c(c1)CCN2. The third-order valence-electron chi connectivity index (χ3n) is 3.96. The van der Waals surface area contributed by atoms with Crippen LogP contribution in [0.15, 0.2) is 40.6 Å². The predicted molar refractivity (Wildman–Crippen MR) is 86.3 cm³/mol. The molecule has 2 heterocycles. The van der Waals surface area contributed by atoms with Gasteiger partial charge in [0.2, 0.25) is 10.0 Å². The summed E-state index contributed by atoms with van der Waals surface area (Å²) >= 11 is 1.57. The summed E-state index contributed by atoms with van der Waals surface area (Å²) in [4.78, 5) is 1.42. The van der Waals surface area contributed by atoms with Crippen molar-refractivity contribution in [2.75, 3.05) is 18.9 Å². The number of hydrogen-bond donors (Lipinski definition) is 1. The van der Waals surface area contributed by atoms with Crippen molar-refractivity contribution < 1.29 is 8.42 Å². The van der Waals surface area contributed by atoms with E-state index in [-0.39, 0.29) is 6.04 Å². The summed E-state index contributed by atoms with van der Waals surface area (Å²) in [6.07, 6.45) is 0.878. The molecule has 1 aliphatic heterocycles. The largest absolute Gasteiger partial charge is 0.384 e. The maximum atomic E-state index is 12.8. The Balaban J connectivity index is 1.93. The molecule has 3 rings (SSSR count). The van der Waals surface area contributed by atoms with Crippen LogP contribution in [-0.2, 0) is 16.4 Å². The predicted octanol–water partition coefficient (Wildman–Crippen LogP) is 3.10. The highest BCUT2D eigenvalue weighted by Crippen LogP contribution is 2.31. The van der Waals surface area contributed by atoms with Gasteiger partial charge in [0.05, 0.1) is 10.9 Å². The van der Waals surface area contributed by atoms with Gasteiger partial charge in [0, 0.05) is 24.2 Å². The van der Waals surface area contributed by atoms with Crippen molar-refractivity contribution in [2.45, 2.75) is 24.3 Å². The Labute approximate surface area is 129 Å². The first-order chi connectivity index (χ1) is 10.00. The topological polar surface area (TPSA) is 49.4 Å². The number of fused-ring (bicyclic) bond motifs is 1. The summed E-state index contributed by atoms with van der Waals surface area (Å²) in [6.45, 7) is 2.79. The first kappa shape index (κ1) is 14.6. The Kier molecular flexibility index (Phi) is 3.77. The number of hydrogen-bond acceptors (Lipinski definition) is 4. The van der Waals surface area contributed by atoms with Crippen LogP contribution in [-0.4, -0.2) is 26.3 Å². The molecule has 0 amide bonds. The van der Waals surface area contributed by atoms with Crippen molar-refractivity contribution >= 4 is 27.0 Å². The van der Waals surface area contributed by atoms with E-state index in [0.717, 1.165) is 29.1 Å². The van der Waals surface area contributed by atoms with Gasteiger partial charge >= 0.3 is 0 Å². The van der Waals surface area contributed by atoms with Crippen molar-refractivity contribution in [3.63, 3.8) is 0 Å². The van der Waals surface area contributed by atoms with Crippen molar-refractivity contribution in [3.8, 4) is 0 Å². The number of benzene rings is 1. The summed E-state index contributed by atoms with van der Waals surface area (Å²) in [6, 6.07) is 9.08. The molecular weight excluding hydrogens is 304 g/mol. The minimum Gasteiger partial charge on any atom is -0.384 e. The van der Waals surface area contributed by atoms with Crippen molar-refractivity contribution in [1.29, 1.82) is 0 Å². The van der Waals surface area contributed by atoms with Gasteiger partial charge in [0.1, 0.15) is 0 Å². The van der Waals surface area contributed by atoms with Crippen LogP contribution in [0.1, 0.15) is 23.4 Å². The third kappa shape index (κ3) is 2.59. The van der Waals surface area contributed by atoms with E-state index < -0.39 is 10.0 Å². The molecule has 6 heteroatoms. The minimum absolute atomic E-state index is 0.165. The Bertz CT molecular complexity index is 739. The molecular formula is C15H18N2O2S2. The molecule has 0 saturated carbocycles. The molecule has 0 bridgehead atoms. The molecule has 1 unspecified atom stereocenters. The maximum Gasteiger partial charge on any atom is 0.243 e. The van der Waals surface area contributed by atoms with Crippen LogP contribution in [0.25, 0.3) is 0 Å². The highest BCUT2D eigenvalue weighted by molar-refractivity contribution is 7.89. The van der Waals surface area contributed by atoms with Crippen molar-refractivity contribution in [2.24, 2.45) is 0 Å². The van der Waals surface area contributed by atoms with Gasteiger partial charge in [0.25, 0.3) is 0 Å². The quantitative estimate of drug-likeness (QED) is 0.941. The Hall–Kier alpha value is -1.37. The lowest BCUT2D eigenvalue weighted by atomic mass is 10.2. The normalized spacial score (nSPS) is 15.8. The molecule has 1 aromatic carbocycles. The second-order valence-corrected chi connectivity index (χ2v) is 8.19. The highest BCUT2D eigenvalue weighted by Gasteiger charge is 2.27. The summed E-state index contributed by atoms with van der Waals surface area (Å²) in [5.41, 5.74) is 2.12. The molecule has 21 heavy (non-hydrogen) atoms. The standard InChI is InChI=1S/C15H18N2O2S2/c1-11(15-4-3-9-20-15)17(2)21(18,19)13-5-6-14-12(10-13)7-8-16-14/h3-6,9-11,16H,7-8H2,1-2H3. The molecule has 2 aromatic rings. The zero-order valence-electron chi connectivity index (χ0n) is 12.0. The molecule has 0 radical (unpaired) electrons. The van der Waals surface area contributed by atoms with Crippen LogP contribution in [0.2, 0.25) is 0 Å². The lowest BCUT2D eigenvalue weighted by molar-refractivity contribution is 0.403. The second-order valence-electron chi connectivity index (χ2n) is 5.21. The fourth-order valence-electron chi connectivity index (χ4n) is 2.52. The average Bonchev–Trinajstić information content (AvgIpc) is 3.15. The zero-order valence-corrected chi connectivity index (χ0v) is 13.7. The van der Waals surface area contributed by atoms with E-state index in [2.05, 4.69) is 5.32 Å². The van der Waals surface area contributed by atoms with E-state index in [1.165, 1.54) is 4.31 Å². The van der Waals surface area contributed by atoms with E-state index in [9.17, 15) is 8.42 Å². The molecule has 4 nitrogen and oxygen atoms in total. The monoisotopic (exact) mass is 322 g/mol.